The van der Waals surface area contributed by atoms with E-state index in [9.17, 15) is 4.79 Å². The van der Waals surface area contributed by atoms with E-state index in [0.29, 0.717) is 27.5 Å². The summed E-state index contributed by atoms with van der Waals surface area (Å²) in [5.41, 5.74) is 0.545. The van der Waals surface area contributed by atoms with Gasteiger partial charge in [0.2, 0.25) is 5.89 Å². The Hall–Kier alpha value is -2.03. The SMILES string of the molecule is CCc1cnc(CSc2cnc(NC(=O)Nc3ccccc3Cl)s2)o1. The molecule has 0 bridgehead atoms. The van der Waals surface area contributed by atoms with Crippen LogP contribution in [0, 0.1) is 0 Å². The maximum absolute atomic E-state index is 12.0. The molecule has 3 rings (SSSR count). The predicted molar refractivity (Wildman–Crippen MR) is 102 cm³/mol. The van der Waals surface area contributed by atoms with Crippen molar-refractivity contribution in [3.63, 3.8) is 0 Å². The quantitative estimate of drug-likeness (QED) is 0.555. The molecule has 25 heavy (non-hydrogen) atoms. The van der Waals surface area contributed by atoms with Gasteiger partial charge in [0.05, 0.1) is 33.1 Å². The Morgan fingerprint density at radius 2 is 2.12 bits per heavy atom. The molecule has 1 aromatic carbocycles. The second kappa shape index (κ2) is 8.37. The van der Waals surface area contributed by atoms with Crippen molar-refractivity contribution < 1.29 is 9.21 Å². The third kappa shape index (κ3) is 4.97. The highest BCUT2D eigenvalue weighted by Crippen LogP contribution is 2.30. The highest BCUT2D eigenvalue weighted by atomic mass is 35.5. The number of amides is 2. The largest absolute Gasteiger partial charge is 0.445 e. The number of halogens is 1. The van der Waals surface area contributed by atoms with Crippen LogP contribution >= 0.6 is 34.7 Å². The smallest absolute Gasteiger partial charge is 0.325 e. The molecule has 0 spiro atoms. The van der Waals surface area contributed by atoms with Gasteiger partial charge in [-0.05, 0) is 12.1 Å². The van der Waals surface area contributed by atoms with Crippen LogP contribution in [0.1, 0.15) is 18.6 Å². The van der Waals surface area contributed by atoms with E-state index in [1.807, 2.05) is 6.92 Å². The summed E-state index contributed by atoms with van der Waals surface area (Å²) in [5.74, 6) is 2.17. The molecule has 0 aliphatic heterocycles. The Kier molecular flexibility index (Phi) is 5.95. The van der Waals surface area contributed by atoms with Crippen molar-refractivity contribution in [1.29, 1.82) is 0 Å². The van der Waals surface area contributed by atoms with Crippen molar-refractivity contribution in [2.75, 3.05) is 10.6 Å². The van der Waals surface area contributed by atoms with Crippen molar-refractivity contribution in [1.82, 2.24) is 9.97 Å². The minimum absolute atomic E-state index is 0.390. The lowest BCUT2D eigenvalue weighted by Gasteiger charge is -2.06. The number of oxazole rings is 1. The van der Waals surface area contributed by atoms with Crippen LogP contribution in [0.4, 0.5) is 15.6 Å². The van der Waals surface area contributed by atoms with Crippen molar-refractivity contribution in [2.24, 2.45) is 0 Å². The van der Waals surface area contributed by atoms with Gasteiger partial charge in [0.15, 0.2) is 5.13 Å². The fourth-order valence-corrected chi connectivity index (χ4v) is 3.81. The number of urea groups is 1. The summed E-state index contributed by atoms with van der Waals surface area (Å²) in [5, 5.41) is 6.37. The highest BCUT2D eigenvalue weighted by molar-refractivity contribution is 8.00. The lowest BCUT2D eigenvalue weighted by molar-refractivity contribution is 0.262. The van der Waals surface area contributed by atoms with Gasteiger partial charge in [-0.25, -0.2) is 14.8 Å². The van der Waals surface area contributed by atoms with E-state index in [1.165, 1.54) is 11.3 Å². The van der Waals surface area contributed by atoms with E-state index in [4.69, 9.17) is 16.0 Å². The van der Waals surface area contributed by atoms with Crippen LogP contribution in [0.15, 0.2) is 45.3 Å². The first kappa shape index (κ1) is 17.8. The number of anilines is 2. The van der Waals surface area contributed by atoms with Gasteiger partial charge in [-0.15, -0.1) is 11.8 Å². The van der Waals surface area contributed by atoms with E-state index >= 15 is 0 Å². The average Bonchev–Trinajstić information content (AvgIpc) is 3.24. The first-order valence-electron chi connectivity index (χ1n) is 7.48. The lowest BCUT2D eigenvalue weighted by Crippen LogP contribution is -2.19. The van der Waals surface area contributed by atoms with Crippen LogP contribution in [0.5, 0.6) is 0 Å². The van der Waals surface area contributed by atoms with Gasteiger partial charge in [0.1, 0.15) is 5.76 Å². The molecule has 2 aromatic heterocycles. The lowest BCUT2D eigenvalue weighted by atomic mass is 10.3. The maximum Gasteiger partial charge on any atom is 0.325 e. The molecule has 2 amide bonds. The van der Waals surface area contributed by atoms with Crippen LogP contribution in [-0.2, 0) is 12.2 Å². The summed E-state index contributed by atoms with van der Waals surface area (Å²) in [6, 6.07) is 6.65. The maximum atomic E-state index is 12.0. The molecule has 0 aliphatic rings. The Bertz CT molecular complexity index is 865. The number of thiazole rings is 1. The number of aromatic nitrogens is 2. The van der Waals surface area contributed by atoms with Gasteiger partial charge < -0.3 is 9.73 Å². The number of hydrogen-bond acceptors (Lipinski definition) is 6. The second-order valence-electron chi connectivity index (χ2n) is 4.91. The molecule has 0 saturated carbocycles. The molecule has 0 saturated heterocycles. The zero-order chi connectivity index (χ0) is 17.6. The standard InChI is InChI=1S/C16H15ClN4O2S2/c1-2-10-7-18-13(23-10)9-24-14-8-19-16(25-14)21-15(22)20-12-6-4-3-5-11(12)17/h3-8H,2,9H2,1H3,(H2,19,20,21,22). The number of aryl methyl sites for hydroxylation is 1. The molecule has 3 aromatic rings. The van der Waals surface area contributed by atoms with Gasteiger partial charge >= 0.3 is 6.03 Å². The third-order valence-electron chi connectivity index (χ3n) is 3.11. The molecule has 0 unspecified atom stereocenters. The van der Waals surface area contributed by atoms with Gasteiger partial charge in [-0.3, -0.25) is 5.32 Å². The van der Waals surface area contributed by atoms with Crippen molar-refractivity contribution in [3.8, 4) is 0 Å². The monoisotopic (exact) mass is 394 g/mol. The number of nitrogens with zero attached hydrogens (tertiary/aromatic N) is 2. The summed E-state index contributed by atoms with van der Waals surface area (Å²) < 4.78 is 6.53. The number of rotatable bonds is 6. The van der Waals surface area contributed by atoms with E-state index in [-0.39, 0.29) is 6.03 Å². The zero-order valence-corrected chi connectivity index (χ0v) is 15.7. The summed E-state index contributed by atoms with van der Waals surface area (Å²) >= 11 is 8.96. The van der Waals surface area contributed by atoms with Gasteiger partial charge in [-0.1, -0.05) is 42.0 Å². The minimum Gasteiger partial charge on any atom is -0.445 e. The fraction of sp³-hybridized carbons (Fsp3) is 0.188. The van der Waals surface area contributed by atoms with Crippen LogP contribution in [0.25, 0.3) is 0 Å². The van der Waals surface area contributed by atoms with Gasteiger partial charge in [0, 0.05) is 6.42 Å². The summed E-state index contributed by atoms with van der Waals surface area (Å²) in [6.07, 6.45) is 4.28. The first-order valence-corrected chi connectivity index (χ1v) is 9.66. The van der Waals surface area contributed by atoms with E-state index in [2.05, 4.69) is 20.6 Å². The van der Waals surface area contributed by atoms with Crippen molar-refractivity contribution in [2.45, 2.75) is 23.3 Å². The minimum atomic E-state index is -0.390. The first-order chi connectivity index (χ1) is 12.1. The van der Waals surface area contributed by atoms with Crippen LogP contribution in [-0.4, -0.2) is 16.0 Å². The van der Waals surface area contributed by atoms with Crippen molar-refractivity contribution in [3.05, 3.63) is 53.3 Å². The van der Waals surface area contributed by atoms with Crippen LogP contribution in [0.2, 0.25) is 5.02 Å². The zero-order valence-electron chi connectivity index (χ0n) is 13.3. The summed E-state index contributed by atoms with van der Waals surface area (Å²) in [7, 11) is 0. The molecule has 9 heteroatoms. The predicted octanol–water partition coefficient (Wildman–Crippen LogP) is 5.28. The molecular weight excluding hydrogens is 380 g/mol. The fourth-order valence-electron chi connectivity index (χ4n) is 1.91. The molecule has 6 nitrogen and oxygen atoms in total. The van der Waals surface area contributed by atoms with Crippen molar-refractivity contribution >= 4 is 51.5 Å². The van der Waals surface area contributed by atoms with Gasteiger partial charge in [0.25, 0.3) is 0 Å². The number of benzene rings is 1. The highest BCUT2D eigenvalue weighted by Gasteiger charge is 2.10. The van der Waals surface area contributed by atoms with E-state index < -0.39 is 0 Å². The number of hydrogen-bond donors (Lipinski definition) is 2. The molecule has 2 N–H and O–H groups in total. The van der Waals surface area contributed by atoms with Gasteiger partial charge in [-0.2, -0.15) is 0 Å². The summed E-state index contributed by atoms with van der Waals surface area (Å²) in [6.45, 7) is 2.02. The summed E-state index contributed by atoms with van der Waals surface area (Å²) in [4.78, 5) is 20.4. The molecule has 0 fully saturated rings. The molecule has 0 atom stereocenters. The number of para-hydroxylation sites is 1. The molecule has 130 valence electrons. The van der Waals surface area contributed by atoms with E-state index in [1.54, 1.807) is 48.4 Å². The molecule has 2 heterocycles. The molecular formula is C16H15ClN4O2S2. The number of carbonyl (C=O) groups excluding carboxylic acids is 1. The topological polar surface area (TPSA) is 80.0 Å². The third-order valence-corrected chi connectivity index (χ3v) is 5.54. The van der Waals surface area contributed by atoms with Crippen LogP contribution in [0.3, 0.4) is 0 Å². The normalized spacial score (nSPS) is 10.6. The number of nitrogens with one attached hydrogen (secondary N) is 2. The molecule has 0 radical (unpaired) electrons. The average molecular weight is 395 g/mol. The Balaban J connectivity index is 1.52. The second-order valence-corrected chi connectivity index (χ2v) is 7.62. The Labute approximate surface area is 158 Å². The molecule has 0 aliphatic carbocycles. The van der Waals surface area contributed by atoms with E-state index in [0.717, 1.165) is 16.4 Å². The Morgan fingerprint density at radius 3 is 2.88 bits per heavy atom. The van der Waals surface area contributed by atoms with Crippen LogP contribution < -0.4 is 10.6 Å². The number of carbonyl (C=O) groups is 1. The Morgan fingerprint density at radius 1 is 1.28 bits per heavy atom. The number of thioether (sulfide) groups is 1.